The number of amides is 1. The minimum atomic E-state index is -0.685. The first-order valence-corrected chi connectivity index (χ1v) is 5.51. The summed E-state index contributed by atoms with van der Waals surface area (Å²) in [4.78, 5) is 19.1. The lowest BCUT2D eigenvalue weighted by Gasteiger charge is -2.12. The van der Waals surface area contributed by atoms with Crippen molar-refractivity contribution in [2.24, 2.45) is 5.73 Å². The number of primary amides is 1. The summed E-state index contributed by atoms with van der Waals surface area (Å²) >= 11 is 0. The molecule has 1 heterocycles. The molecule has 0 atom stereocenters. The van der Waals surface area contributed by atoms with Crippen LogP contribution in [-0.2, 0) is 0 Å². The average molecular weight is 259 g/mol. The molecule has 0 aliphatic carbocycles. The lowest BCUT2D eigenvalue weighted by atomic mass is 10.1. The maximum absolute atomic E-state index is 11.1. The van der Waals surface area contributed by atoms with Crippen molar-refractivity contribution < 1.29 is 14.3 Å². The van der Waals surface area contributed by atoms with E-state index < -0.39 is 5.91 Å². The van der Waals surface area contributed by atoms with Crippen molar-refractivity contribution in [1.82, 2.24) is 9.97 Å². The second-order valence-electron chi connectivity index (χ2n) is 3.67. The molecule has 6 heteroatoms. The van der Waals surface area contributed by atoms with Gasteiger partial charge in [-0.1, -0.05) is 6.07 Å². The maximum atomic E-state index is 11.1. The number of nitrogens with zero attached hydrogens (tertiary/aromatic N) is 2. The average Bonchev–Trinajstić information content (AvgIpc) is 2.46. The summed E-state index contributed by atoms with van der Waals surface area (Å²) in [5.74, 6) is 0.447. The number of hydrogen-bond donors (Lipinski definition) is 1. The van der Waals surface area contributed by atoms with Crippen molar-refractivity contribution in [3.05, 3.63) is 36.3 Å². The second kappa shape index (κ2) is 5.34. The molecule has 0 saturated heterocycles. The van der Waals surface area contributed by atoms with Gasteiger partial charge in [0.05, 0.1) is 25.5 Å². The molecule has 6 nitrogen and oxygen atoms in total. The van der Waals surface area contributed by atoms with Crippen molar-refractivity contribution in [2.45, 2.75) is 0 Å². The largest absolute Gasteiger partial charge is 0.496 e. The Morgan fingerprint density at radius 1 is 1.16 bits per heavy atom. The standard InChI is InChI=1S/C13H13N3O3/c1-18-9-4-3-5-10(19-2)11(9)8-6-7-15-13(16-8)12(14)17/h3-7H,1-2H3,(H2,14,17). The lowest BCUT2D eigenvalue weighted by molar-refractivity contribution is 0.0990. The molecule has 0 unspecified atom stereocenters. The SMILES string of the molecule is COc1cccc(OC)c1-c1ccnc(C(N)=O)n1. The molecule has 0 saturated carbocycles. The van der Waals surface area contributed by atoms with Crippen molar-refractivity contribution in [3.8, 4) is 22.8 Å². The van der Waals surface area contributed by atoms with Crippen molar-refractivity contribution in [2.75, 3.05) is 14.2 Å². The third-order valence-corrected chi connectivity index (χ3v) is 2.56. The first-order valence-electron chi connectivity index (χ1n) is 5.51. The highest BCUT2D eigenvalue weighted by atomic mass is 16.5. The van der Waals surface area contributed by atoms with E-state index in [1.165, 1.54) is 6.20 Å². The van der Waals surface area contributed by atoms with E-state index >= 15 is 0 Å². The molecule has 0 bridgehead atoms. The van der Waals surface area contributed by atoms with Crippen LogP contribution < -0.4 is 15.2 Å². The highest BCUT2D eigenvalue weighted by Crippen LogP contribution is 2.36. The highest BCUT2D eigenvalue weighted by molar-refractivity contribution is 5.89. The summed E-state index contributed by atoms with van der Waals surface area (Å²) in [6, 6.07) is 7.03. The van der Waals surface area contributed by atoms with E-state index in [-0.39, 0.29) is 5.82 Å². The fourth-order valence-corrected chi connectivity index (χ4v) is 1.72. The first-order chi connectivity index (χ1) is 9.17. The molecule has 1 aromatic carbocycles. The topological polar surface area (TPSA) is 87.3 Å². The number of nitrogens with two attached hydrogens (primary N) is 1. The smallest absolute Gasteiger partial charge is 0.286 e. The summed E-state index contributed by atoms with van der Waals surface area (Å²) in [5, 5.41) is 0. The highest BCUT2D eigenvalue weighted by Gasteiger charge is 2.15. The minimum Gasteiger partial charge on any atom is -0.496 e. The van der Waals surface area contributed by atoms with Gasteiger partial charge in [-0.2, -0.15) is 0 Å². The van der Waals surface area contributed by atoms with E-state index in [0.717, 1.165) is 0 Å². The molecule has 1 amide bonds. The number of carbonyl (C=O) groups is 1. The van der Waals surface area contributed by atoms with E-state index in [2.05, 4.69) is 9.97 Å². The molecule has 0 radical (unpaired) electrons. The molecule has 1 aromatic heterocycles. The molecule has 19 heavy (non-hydrogen) atoms. The quantitative estimate of drug-likeness (QED) is 0.893. The van der Waals surface area contributed by atoms with Crippen molar-refractivity contribution in [1.29, 1.82) is 0 Å². The predicted molar refractivity (Wildman–Crippen MR) is 69.1 cm³/mol. The maximum Gasteiger partial charge on any atom is 0.286 e. The Morgan fingerprint density at radius 2 is 1.79 bits per heavy atom. The molecule has 2 N–H and O–H groups in total. The van der Waals surface area contributed by atoms with Crippen LogP contribution in [-0.4, -0.2) is 30.1 Å². The van der Waals surface area contributed by atoms with Gasteiger partial charge in [-0.15, -0.1) is 0 Å². The third kappa shape index (κ3) is 2.47. The zero-order valence-electron chi connectivity index (χ0n) is 10.6. The van der Waals surface area contributed by atoms with Gasteiger partial charge >= 0.3 is 0 Å². The van der Waals surface area contributed by atoms with Gasteiger partial charge < -0.3 is 15.2 Å². The molecular weight excluding hydrogens is 246 g/mol. The van der Waals surface area contributed by atoms with Gasteiger partial charge in [0.1, 0.15) is 11.5 Å². The number of methoxy groups -OCH3 is 2. The van der Waals surface area contributed by atoms with E-state index in [9.17, 15) is 4.79 Å². The van der Waals surface area contributed by atoms with Crippen molar-refractivity contribution in [3.63, 3.8) is 0 Å². The fourth-order valence-electron chi connectivity index (χ4n) is 1.72. The molecule has 0 fully saturated rings. The Balaban J connectivity index is 2.63. The molecule has 98 valence electrons. The van der Waals surface area contributed by atoms with Gasteiger partial charge in [-0.05, 0) is 18.2 Å². The van der Waals surface area contributed by atoms with Gasteiger partial charge in [0, 0.05) is 6.20 Å². The fraction of sp³-hybridized carbons (Fsp3) is 0.154. The monoisotopic (exact) mass is 259 g/mol. The number of rotatable bonds is 4. The Bertz CT molecular complexity index is 592. The summed E-state index contributed by atoms with van der Waals surface area (Å²) in [6.45, 7) is 0. The van der Waals surface area contributed by atoms with Crippen LogP contribution in [0.1, 0.15) is 10.6 Å². The van der Waals surface area contributed by atoms with Gasteiger partial charge in [0.2, 0.25) is 5.82 Å². The number of hydrogen-bond acceptors (Lipinski definition) is 5. The van der Waals surface area contributed by atoms with Crippen LogP contribution >= 0.6 is 0 Å². The van der Waals surface area contributed by atoms with Crippen LogP contribution in [0, 0.1) is 0 Å². The molecule has 2 aromatic rings. The van der Waals surface area contributed by atoms with Crippen LogP contribution in [0.2, 0.25) is 0 Å². The Morgan fingerprint density at radius 3 is 2.32 bits per heavy atom. The number of aromatic nitrogens is 2. The summed E-state index contributed by atoms with van der Waals surface area (Å²) in [7, 11) is 3.10. The molecule has 0 aliphatic rings. The number of carbonyl (C=O) groups excluding carboxylic acids is 1. The van der Waals surface area contributed by atoms with E-state index in [1.807, 2.05) is 0 Å². The van der Waals surface area contributed by atoms with Crippen LogP contribution in [0.15, 0.2) is 30.5 Å². The Kier molecular flexibility index (Phi) is 3.61. The van der Waals surface area contributed by atoms with Crippen LogP contribution in [0.4, 0.5) is 0 Å². The molecule has 2 rings (SSSR count). The lowest BCUT2D eigenvalue weighted by Crippen LogP contribution is -2.15. The number of benzene rings is 1. The zero-order chi connectivity index (χ0) is 13.8. The molecule has 0 spiro atoms. The number of ether oxygens (including phenoxy) is 2. The molecule has 0 aliphatic heterocycles. The summed E-state index contributed by atoms with van der Waals surface area (Å²) < 4.78 is 10.6. The third-order valence-electron chi connectivity index (χ3n) is 2.56. The van der Waals surface area contributed by atoms with Crippen LogP contribution in [0.25, 0.3) is 11.3 Å². The first kappa shape index (κ1) is 12.8. The molecular formula is C13H13N3O3. The van der Waals surface area contributed by atoms with Gasteiger partial charge in [0.15, 0.2) is 0 Å². The Labute approximate surface area is 110 Å². The summed E-state index contributed by atoms with van der Waals surface area (Å²) in [6.07, 6.45) is 1.47. The van der Waals surface area contributed by atoms with E-state index in [1.54, 1.807) is 38.5 Å². The van der Waals surface area contributed by atoms with Crippen LogP contribution in [0.5, 0.6) is 11.5 Å². The predicted octanol–water partition coefficient (Wildman–Crippen LogP) is 1.26. The normalized spacial score (nSPS) is 10.0. The van der Waals surface area contributed by atoms with Gasteiger partial charge in [-0.25, -0.2) is 9.97 Å². The van der Waals surface area contributed by atoms with Crippen molar-refractivity contribution >= 4 is 5.91 Å². The minimum absolute atomic E-state index is 0.0505. The Hall–Kier alpha value is -2.63. The second-order valence-corrected chi connectivity index (χ2v) is 3.67. The summed E-state index contributed by atoms with van der Waals surface area (Å²) in [5.41, 5.74) is 6.34. The van der Waals surface area contributed by atoms with Crippen LogP contribution in [0.3, 0.4) is 0 Å². The van der Waals surface area contributed by atoms with Gasteiger partial charge in [0.25, 0.3) is 5.91 Å². The van der Waals surface area contributed by atoms with E-state index in [0.29, 0.717) is 22.8 Å². The van der Waals surface area contributed by atoms with E-state index in [4.69, 9.17) is 15.2 Å². The zero-order valence-corrected chi connectivity index (χ0v) is 10.6. The van der Waals surface area contributed by atoms with Gasteiger partial charge in [-0.3, -0.25) is 4.79 Å².